The highest BCUT2D eigenvalue weighted by Crippen LogP contribution is 2.35. The molecule has 0 fully saturated rings. The lowest BCUT2D eigenvalue weighted by atomic mass is 10.1. The molecule has 0 amide bonds. The normalized spacial score (nSPS) is 10.8. The zero-order chi connectivity index (χ0) is 42.6. The maximum Gasteiger partial charge on any atom is 0.358 e. The van der Waals surface area contributed by atoms with E-state index in [0.717, 1.165) is 21.8 Å². The number of hydrogen-bond acceptors (Lipinski definition) is 12. The Labute approximate surface area is 343 Å². The Morgan fingerprint density at radius 2 is 0.787 bits per heavy atom. The first-order valence-corrected chi connectivity index (χ1v) is 18.1. The molecule has 0 aliphatic carbocycles. The van der Waals surface area contributed by atoms with Crippen LogP contribution < -0.4 is 18.9 Å². The first-order chi connectivity index (χ1) is 29.5. The third-order valence-electron chi connectivity index (χ3n) is 9.19. The fourth-order valence-electron chi connectivity index (χ4n) is 6.41. The number of carbonyl (C=O) groups excluding carboxylic acids is 4. The van der Waals surface area contributed by atoms with Crippen molar-refractivity contribution in [1.82, 2.24) is 14.5 Å². The van der Waals surface area contributed by atoms with Gasteiger partial charge in [0.25, 0.3) is 0 Å². The van der Waals surface area contributed by atoms with Crippen molar-refractivity contribution in [2.45, 2.75) is 0 Å². The van der Waals surface area contributed by atoms with Crippen molar-refractivity contribution in [1.29, 1.82) is 0 Å². The van der Waals surface area contributed by atoms with Gasteiger partial charge < -0.3 is 33.7 Å². The summed E-state index contributed by atoms with van der Waals surface area (Å²) >= 11 is 0. The number of esters is 4. The quantitative estimate of drug-likeness (QED) is 0.0941. The third-order valence-corrected chi connectivity index (χ3v) is 9.19. The van der Waals surface area contributed by atoms with E-state index in [1.54, 1.807) is 12.1 Å². The van der Waals surface area contributed by atoms with Crippen LogP contribution in [0.5, 0.6) is 23.0 Å². The summed E-state index contributed by atoms with van der Waals surface area (Å²) in [5, 5.41) is 20.6. The van der Waals surface area contributed by atoms with E-state index >= 15 is 0 Å². The van der Waals surface area contributed by atoms with Crippen LogP contribution in [0.2, 0.25) is 0 Å². The average Bonchev–Trinajstić information content (AvgIpc) is 3.61. The van der Waals surface area contributed by atoms with E-state index in [4.69, 9.17) is 18.9 Å². The van der Waals surface area contributed by atoms with Crippen molar-refractivity contribution in [3.8, 4) is 28.7 Å². The first kappa shape index (κ1) is 38.9. The number of nitrogens with zero attached hydrogens (tertiary/aromatic N) is 3. The molecule has 0 bridgehead atoms. The Morgan fingerprint density at radius 1 is 0.426 bits per heavy atom. The van der Waals surface area contributed by atoms with Crippen LogP contribution in [0.4, 0.5) is 0 Å². The van der Waals surface area contributed by atoms with Crippen molar-refractivity contribution < 1.29 is 57.9 Å². The molecule has 8 rings (SSSR count). The van der Waals surface area contributed by atoms with Gasteiger partial charge in [0.05, 0.1) is 39.0 Å². The summed E-state index contributed by atoms with van der Waals surface area (Å²) < 4.78 is 24.0. The SMILES string of the molecule is O=C(Oc1cc(OC(=O)c2ccc(C(=O)Oc3cccnc3C(=O)O)cc2)cc(-n2c3ccccc3c3ccccc32)c1)c1ccc(C(=O)Oc2cccnc2C(=O)O)cc1. The van der Waals surface area contributed by atoms with Crippen LogP contribution in [0.1, 0.15) is 62.4 Å². The predicted molar refractivity (Wildman–Crippen MR) is 216 cm³/mol. The van der Waals surface area contributed by atoms with E-state index in [1.807, 2.05) is 53.1 Å². The largest absolute Gasteiger partial charge is 0.476 e. The number of rotatable bonds is 11. The van der Waals surface area contributed by atoms with Gasteiger partial charge in [-0.25, -0.2) is 38.7 Å². The van der Waals surface area contributed by atoms with Crippen LogP contribution in [0.25, 0.3) is 27.5 Å². The summed E-state index contributed by atoms with van der Waals surface area (Å²) in [6.07, 6.45) is 2.50. The van der Waals surface area contributed by atoms with Gasteiger partial charge in [0, 0.05) is 41.4 Å². The molecular formula is C46H27N3O12. The monoisotopic (exact) mass is 813 g/mol. The molecule has 2 N–H and O–H groups in total. The number of hydrogen-bond donors (Lipinski definition) is 2. The minimum Gasteiger partial charge on any atom is -0.476 e. The van der Waals surface area contributed by atoms with Gasteiger partial charge in [-0.15, -0.1) is 0 Å². The molecule has 3 heterocycles. The molecule has 5 aromatic carbocycles. The van der Waals surface area contributed by atoms with Crippen LogP contribution in [0.15, 0.2) is 152 Å². The minimum atomic E-state index is -1.38. The second-order valence-electron chi connectivity index (χ2n) is 13.1. The number of para-hydroxylation sites is 2. The van der Waals surface area contributed by atoms with Crippen LogP contribution in [-0.2, 0) is 0 Å². The van der Waals surface area contributed by atoms with Gasteiger partial charge in [0.2, 0.25) is 0 Å². The van der Waals surface area contributed by atoms with E-state index in [2.05, 4.69) is 9.97 Å². The molecule has 0 saturated heterocycles. The number of fused-ring (bicyclic) bond motifs is 3. The number of aromatic nitrogens is 3. The fraction of sp³-hybridized carbons (Fsp3) is 0. The third kappa shape index (κ3) is 8.10. The Hall–Kier alpha value is -8.98. The highest BCUT2D eigenvalue weighted by Gasteiger charge is 2.21. The molecule has 0 aliphatic rings. The molecule has 3 aromatic heterocycles. The summed E-state index contributed by atoms with van der Waals surface area (Å²) in [6, 6.07) is 35.9. The van der Waals surface area contributed by atoms with Gasteiger partial charge in [0.1, 0.15) is 11.5 Å². The standard InChI is InChI=1S/C46H27N3O12/c50-41(51)39-37(11-5-21-47-39)60-45(56)28-17-13-26(14-18-28)43(54)58-31-23-30(49-35-9-3-1-7-33(35)34-8-2-4-10-36(34)49)24-32(25-31)59-44(55)27-15-19-29(20-16-27)46(57)61-38-12-6-22-48-40(38)42(52)53/h1-25H,(H,50,51)(H,52,53). The highest BCUT2D eigenvalue weighted by atomic mass is 16.6. The zero-order valence-electron chi connectivity index (χ0n) is 31.3. The lowest BCUT2D eigenvalue weighted by molar-refractivity contribution is 0.0655. The van der Waals surface area contributed by atoms with E-state index in [9.17, 15) is 39.0 Å². The zero-order valence-corrected chi connectivity index (χ0v) is 31.3. The summed E-state index contributed by atoms with van der Waals surface area (Å²) in [5.74, 6) is -6.65. The summed E-state index contributed by atoms with van der Waals surface area (Å²) in [6.45, 7) is 0. The number of carbonyl (C=O) groups is 6. The van der Waals surface area contributed by atoms with Crippen molar-refractivity contribution >= 4 is 57.6 Å². The minimum absolute atomic E-state index is 0.00246. The van der Waals surface area contributed by atoms with Crippen molar-refractivity contribution in [3.05, 3.63) is 186 Å². The van der Waals surface area contributed by atoms with Gasteiger partial charge in [-0.2, -0.15) is 0 Å². The van der Waals surface area contributed by atoms with Crippen molar-refractivity contribution in [2.24, 2.45) is 0 Å². The number of carboxylic acid groups (broad SMARTS) is 2. The first-order valence-electron chi connectivity index (χ1n) is 18.1. The van der Waals surface area contributed by atoms with Gasteiger partial charge in [0.15, 0.2) is 22.9 Å². The Morgan fingerprint density at radius 3 is 1.16 bits per heavy atom. The molecule has 0 atom stereocenters. The van der Waals surface area contributed by atoms with E-state index in [-0.39, 0.29) is 45.3 Å². The molecular weight excluding hydrogens is 787 g/mol. The topological polar surface area (TPSA) is 211 Å². The van der Waals surface area contributed by atoms with Crippen LogP contribution in [0, 0.1) is 0 Å². The summed E-state index contributed by atoms with van der Waals surface area (Å²) in [7, 11) is 0. The van der Waals surface area contributed by atoms with Gasteiger partial charge in [-0.1, -0.05) is 36.4 Å². The van der Waals surface area contributed by atoms with E-state index in [1.165, 1.54) is 91.3 Å². The van der Waals surface area contributed by atoms with Crippen molar-refractivity contribution in [2.75, 3.05) is 0 Å². The summed E-state index contributed by atoms with van der Waals surface area (Å²) in [5.41, 5.74) is 1.36. The smallest absolute Gasteiger partial charge is 0.358 e. The number of aromatic carboxylic acids is 2. The number of pyridine rings is 2. The van der Waals surface area contributed by atoms with Gasteiger partial charge >= 0.3 is 35.8 Å². The lowest BCUT2D eigenvalue weighted by Crippen LogP contribution is -2.14. The van der Waals surface area contributed by atoms with E-state index < -0.39 is 47.2 Å². The lowest BCUT2D eigenvalue weighted by Gasteiger charge is -2.14. The molecule has 0 spiro atoms. The Bertz CT molecular complexity index is 2870. The van der Waals surface area contributed by atoms with Crippen LogP contribution in [-0.4, -0.2) is 60.6 Å². The van der Waals surface area contributed by atoms with Crippen molar-refractivity contribution in [3.63, 3.8) is 0 Å². The second kappa shape index (κ2) is 16.5. The summed E-state index contributed by atoms with van der Waals surface area (Å²) in [4.78, 5) is 83.2. The van der Waals surface area contributed by atoms with Crippen LogP contribution in [0.3, 0.4) is 0 Å². The van der Waals surface area contributed by atoms with Gasteiger partial charge in [-0.05, 0) is 84.9 Å². The number of carboxylic acids is 2. The average molecular weight is 814 g/mol. The Balaban J connectivity index is 1.07. The van der Waals surface area contributed by atoms with E-state index in [0.29, 0.717) is 5.69 Å². The molecule has 0 aliphatic heterocycles. The molecule has 15 heteroatoms. The molecule has 0 radical (unpaired) electrons. The Kier molecular flexibility index (Phi) is 10.5. The maximum absolute atomic E-state index is 13.5. The highest BCUT2D eigenvalue weighted by molar-refractivity contribution is 6.09. The molecule has 61 heavy (non-hydrogen) atoms. The molecule has 0 unspecified atom stereocenters. The number of ether oxygens (including phenoxy) is 4. The van der Waals surface area contributed by atoms with Crippen LogP contribution >= 0.6 is 0 Å². The molecule has 0 saturated carbocycles. The fourth-order valence-corrected chi connectivity index (χ4v) is 6.41. The number of benzene rings is 5. The van der Waals surface area contributed by atoms with Gasteiger partial charge in [-0.3, -0.25) is 0 Å². The maximum atomic E-state index is 13.5. The molecule has 298 valence electrons. The molecule has 8 aromatic rings. The second-order valence-corrected chi connectivity index (χ2v) is 13.1. The predicted octanol–water partition coefficient (Wildman–Crippen LogP) is 7.85. The molecule has 15 nitrogen and oxygen atoms in total.